The maximum absolute atomic E-state index is 10.3. The second-order valence-corrected chi connectivity index (χ2v) is 6.71. The van der Waals surface area contributed by atoms with Crippen LogP contribution in [0.3, 0.4) is 0 Å². The molecule has 0 bridgehead atoms. The number of hydrogen-bond donors (Lipinski definition) is 1. The van der Waals surface area contributed by atoms with Gasteiger partial charge in [0.2, 0.25) is 0 Å². The first kappa shape index (κ1) is 14.0. The molecule has 0 spiro atoms. The summed E-state index contributed by atoms with van der Waals surface area (Å²) < 4.78 is 0. The van der Waals surface area contributed by atoms with E-state index in [0.717, 1.165) is 31.2 Å². The maximum Gasteiger partial charge on any atom is 0.120 e. The Morgan fingerprint density at radius 3 is 2.68 bits per heavy atom. The van der Waals surface area contributed by atoms with Crippen LogP contribution in [-0.4, -0.2) is 47.1 Å². The van der Waals surface area contributed by atoms with Crippen LogP contribution in [0.1, 0.15) is 24.8 Å². The third kappa shape index (κ3) is 2.59. The molecule has 1 unspecified atom stereocenters. The molecule has 0 aliphatic carbocycles. The van der Waals surface area contributed by atoms with E-state index in [0.29, 0.717) is 5.75 Å². The van der Waals surface area contributed by atoms with E-state index in [-0.39, 0.29) is 0 Å². The molecule has 22 heavy (non-hydrogen) atoms. The van der Waals surface area contributed by atoms with Crippen molar-refractivity contribution in [3.63, 3.8) is 0 Å². The number of phenols is 1. The topological polar surface area (TPSA) is 26.7 Å². The third-order valence-electron chi connectivity index (χ3n) is 5.30. The van der Waals surface area contributed by atoms with E-state index in [1.165, 1.54) is 43.1 Å². The van der Waals surface area contributed by atoms with Gasteiger partial charge in [-0.2, -0.15) is 0 Å². The van der Waals surface area contributed by atoms with Crippen LogP contribution in [-0.2, 0) is 6.54 Å². The van der Waals surface area contributed by atoms with Crippen LogP contribution in [0.2, 0.25) is 0 Å². The van der Waals surface area contributed by atoms with Gasteiger partial charge < -0.3 is 5.11 Å². The highest BCUT2D eigenvalue weighted by Gasteiger charge is 2.29. The van der Waals surface area contributed by atoms with Crippen molar-refractivity contribution in [2.75, 3.05) is 26.2 Å². The van der Waals surface area contributed by atoms with Crippen LogP contribution in [0, 0.1) is 0 Å². The van der Waals surface area contributed by atoms with E-state index < -0.39 is 0 Å². The van der Waals surface area contributed by atoms with Crippen molar-refractivity contribution in [1.29, 1.82) is 0 Å². The summed E-state index contributed by atoms with van der Waals surface area (Å²) in [6.45, 7) is 5.69. The van der Waals surface area contributed by atoms with Crippen molar-refractivity contribution < 1.29 is 5.11 Å². The van der Waals surface area contributed by atoms with Gasteiger partial charge in [-0.05, 0) is 49.2 Å². The van der Waals surface area contributed by atoms with E-state index in [9.17, 15) is 5.11 Å². The highest BCUT2D eigenvalue weighted by molar-refractivity contribution is 5.87. The molecule has 2 saturated heterocycles. The summed E-state index contributed by atoms with van der Waals surface area (Å²) in [5, 5.41) is 12.7. The summed E-state index contributed by atoms with van der Waals surface area (Å²) in [5.41, 5.74) is 1.08. The van der Waals surface area contributed by atoms with Gasteiger partial charge >= 0.3 is 0 Å². The first-order valence-corrected chi connectivity index (χ1v) is 8.47. The zero-order valence-electron chi connectivity index (χ0n) is 13.0. The number of rotatable bonds is 3. The van der Waals surface area contributed by atoms with Crippen molar-refractivity contribution in [2.24, 2.45) is 0 Å². The monoisotopic (exact) mass is 296 g/mol. The first-order valence-electron chi connectivity index (χ1n) is 8.47. The molecule has 0 radical (unpaired) electrons. The summed E-state index contributed by atoms with van der Waals surface area (Å²) in [5.74, 6) is 0.434. The molecular weight excluding hydrogens is 272 g/mol. The van der Waals surface area contributed by atoms with E-state index in [4.69, 9.17) is 0 Å². The minimum atomic E-state index is 0.434. The van der Waals surface area contributed by atoms with Crippen molar-refractivity contribution >= 4 is 10.8 Å². The largest absolute Gasteiger partial charge is 0.508 e. The fourth-order valence-corrected chi connectivity index (χ4v) is 4.07. The normalized spacial score (nSPS) is 23.5. The number of hydrogen-bond acceptors (Lipinski definition) is 3. The molecule has 4 rings (SSSR count). The maximum atomic E-state index is 10.3. The van der Waals surface area contributed by atoms with Crippen molar-refractivity contribution in [1.82, 2.24) is 9.80 Å². The zero-order chi connectivity index (χ0) is 14.9. The van der Waals surface area contributed by atoms with E-state index in [1.54, 1.807) is 0 Å². The molecule has 2 heterocycles. The van der Waals surface area contributed by atoms with Gasteiger partial charge in [-0.1, -0.05) is 30.3 Å². The van der Waals surface area contributed by atoms with Crippen LogP contribution in [0.25, 0.3) is 10.8 Å². The smallest absolute Gasteiger partial charge is 0.120 e. The van der Waals surface area contributed by atoms with Crippen LogP contribution >= 0.6 is 0 Å². The molecule has 2 aromatic rings. The average molecular weight is 296 g/mol. The highest BCUT2D eigenvalue weighted by Crippen LogP contribution is 2.30. The fraction of sp³-hybridized carbons (Fsp3) is 0.474. The van der Waals surface area contributed by atoms with Gasteiger partial charge in [-0.25, -0.2) is 0 Å². The summed E-state index contributed by atoms with van der Waals surface area (Å²) >= 11 is 0. The number of likely N-dealkylation sites (tertiary alicyclic amines) is 2. The SMILES string of the molecule is Oc1ccc2ccccc2c1CN1CCC(N2CCCC2)C1. The van der Waals surface area contributed by atoms with E-state index in [2.05, 4.69) is 34.1 Å². The number of phenolic OH excluding ortho intramolecular Hbond substituents is 1. The van der Waals surface area contributed by atoms with Crippen molar-refractivity contribution in [2.45, 2.75) is 31.8 Å². The van der Waals surface area contributed by atoms with E-state index >= 15 is 0 Å². The molecule has 3 heteroatoms. The fourth-order valence-electron chi connectivity index (χ4n) is 4.07. The predicted molar refractivity (Wildman–Crippen MR) is 90.1 cm³/mol. The van der Waals surface area contributed by atoms with Crippen molar-refractivity contribution in [3.8, 4) is 5.75 Å². The number of benzene rings is 2. The number of fused-ring (bicyclic) bond motifs is 1. The molecule has 2 aliphatic rings. The Morgan fingerprint density at radius 2 is 1.82 bits per heavy atom. The number of nitrogens with zero attached hydrogens (tertiary/aromatic N) is 2. The third-order valence-corrected chi connectivity index (χ3v) is 5.30. The molecule has 0 aromatic heterocycles. The summed E-state index contributed by atoms with van der Waals surface area (Å²) in [4.78, 5) is 5.16. The molecule has 1 atom stereocenters. The summed E-state index contributed by atoms with van der Waals surface area (Å²) in [6, 6.07) is 12.9. The lowest BCUT2D eigenvalue weighted by Gasteiger charge is -2.24. The molecule has 116 valence electrons. The standard InChI is InChI=1S/C19H24N2O/c22-19-8-7-15-5-1-2-6-17(15)18(19)14-20-12-9-16(13-20)21-10-3-4-11-21/h1-2,5-8,16,22H,3-4,9-14H2. The van der Waals surface area contributed by atoms with Gasteiger partial charge in [0, 0.05) is 31.2 Å². The Labute approximate surface area is 132 Å². The van der Waals surface area contributed by atoms with Crippen LogP contribution in [0.4, 0.5) is 0 Å². The summed E-state index contributed by atoms with van der Waals surface area (Å²) in [6.07, 6.45) is 3.99. The van der Waals surface area contributed by atoms with Crippen LogP contribution < -0.4 is 0 Å². The highest BCUT2D eigenvalue weighted by atomic mass is 16.3. The zero-order valence-corrected chi connectivity index (χ0v) is 13.0. The predicted octanol–water partition coefficient (Wildman–Crippen LogP) is 3.22. The molecular formula is C19H24N2O. The lowest BCUT2D eigenvalue weighted by molar-refractivity contribution is 0.229. The Balaban J connectivity index is 1.53. The van der Waals surface area contributed by atoms with Crippen molar-refractivity contribution in [3.05, 3.63) is 42.0 Å². The number of aromatic hydroxyl groups is 1. The molecule has 1 N–H and O–H groups in total. The lowest BCUT2D eigenvalue weighted by atomic mass is 10.0. The quantitative estimate of drug-likeness (QED) is 0.942. The van der Waals surface area contributed by atoms with Gasteiger partial charge in [0.1, 0.15) is 5.75 Å². The lowest BCUT2D eigenvalue weighted by Crippen LogP contribution is -2.35. The average Bonchev–Trinajstić information content (AvgIpc) is 3.21. The van der Waals surface area contributed by atoms with Gasteiger partial charge in [-0.15, -0.1) is 0 Å². The van der Waals surface area contributed by atoms with Gasteiger partial charge in [0.05, 0.1) is 0 Å². The molecule has 0 amide bonds. The molecule has 2 aromatic carbocycles. The van der Waals surface area contributed by atoms with Gasteiger partial charge in [-0.3, -0.25) is 9.80 Å². The molecule has 2 fully saturated rings. The Kier molecular flexibility index (Phi) is 3.77. The molecule has 0 saturated carbocycles. The Hall–Kier alpha value is -1.58. The first-order chi connectivity index (χ1) is 10.8. The van der Waals surface area contributed by atoms with Crippen LogP contribution in [0.15, 0.2) is 36.4 Å². The molecule has 3 nitrogen and oxygen atoms in total. The van der Waals surface area contributed by atoms with Gasteiger partial charge in [0.15, 0.2) is 0 Å². The Morgan fingerprint density at radius 1 is 1.00 bits per heavy atom. The van der Waals surface area contributed by atoms with E-state index in [1.807, 2.05) is 12.1 Å². The minimum absolute atomic E-state index is 0.434. The second-order valence-electron chi connectivity index (χ2n) is 6.71. The molecule has 2 aliphatic heterocycles. The van der Waals surface area contributed by atoms with Gasteiger partial charge in [0.25, 0.3) is 0 Å². The Bertz CT molecular complexity index is 664. The second kappa shape index (κ2) is 5.90. The summed E-state index contributed by atoms with van der Waals surface area (Å²) in [7, 11) is 0. The minimum Gasteiger partial charge on any atom is -0.508 e. The van der Waals surface area contributed by atoms with Crippen LogP contribution in [0.5, 0.6) is 5.75 Å².